The van der Waals surface area contributed by atoms with Crippen LogP contribution in [0, 0.1) is 0 Å². The SMILES string of the molecule is NCCOCCOCCOc1ccncc1. The van der Waals surface area contributed by atoms with E-state index in [2.05, 4.69) is 4.98 Å². The second-order valence-electron chi connectivity index (χ2n) is 3.04. The average Bonchev–Trinajstić information content (AvgIpc) is 2.34. The van der Waals surface area contributed by atoms with Gasteiger partial charge in [-0.2, -0.15) is 0 Å². The molecular formula is C11H18N2O3. The van der Waals surface area contributed by atoms with Crippen LogP contribution < -0.4 is 10.5 Å². The lowest BCUT2D eigenvalue weighted by molar-refractivity contribution is 0.0388. The Labute approximate surface area is 95.5 Å². The quantitative estimate of drug-likeness (QED) is 0.619. The molecule has 0 aliphatic carbocycles. The zero-order valence-electron chi connectivity index (χ0n) is 9.30. The average molecular weight is 226 g/mol. The highest BCUT2D eigenvalue weighted by atomic mass is 16.5. The fourth-order valence-corrected chi connectivity index (χ4v) is 1.06. The summed E-state index contributed by atoms with van der Waals surface area (Å²) in [6.07, 6.45) is 3.38. The predicted molar refractivity (Wildman–Crippen MR) is 60.4 cm³/mol. The van der Waals surface area contributed by atoms with E-state index in [1.54, 1.807) is 12.4 Å². The van der Waals surface area contributed by atoms with Crippen LogP contribution in [0.2, 0.25) is 0 Å². The van der Waals surface area contributed by atoms with E-state index < -0.39 is 0 Å². The van der Waals surface area contributed by atoms with Gasteiger partial charge in [0.2, 0.25) is 0 Å². The number of hydrogen-bond acceptors (Lipinski definition) is 5. The van der Waals surface area contributed by atoms with Gasteiger partial charge in [0, 0.05) is 18.9 Å². The Balaban J connectivity index is 1.89. The molecule has 5 heteroatoms. The van der Waals surface area contributed by atoms with Gasteiger partial charge in [-0.05, 0) is 12.1 Å². The minimum Gasteiger partial charge on any atom is -0.491 e. The highest BCUT2D eigenvalue weighted by Gasteiger charge is 1.92. The van der Waals surface area contributed by atoms with Crippen molar-refractivity contribution in [1.29, 1.82) is 0 Å². The van der Waals surface area contributed by atoms with E-state index in [9.17, 15) is 0 Å². The Morgan fingerprint density at radius 3 is 2.25 bits per heavy atom. The molecule has 16 heavy (non-hydrogen) atoms. The molecule has 0 radical (unpaired) electrons. The van der Waals surface area contributed by atoms with Crippen LogP contribution in [0.1, 0.15) is 0 Å². The lowest BCUT2D eigenvalue weighted by Crippen LogP contribution is -2.14. The third kappa shape index (κ3) is 6.34. The third-order valence-electron chi connectivity index (χ3n) is 1.78. The maximum atomic E-state index is 5.41. The molecule has 0 spiro atoms. The Bertz CT molecular complexity index is 257. The van der Waals surface area contributed by atoms with Gasteiger partial charge in [0.25, 0.3) is 0 Å². The lowest BCUT2D eigenvalue weighted by Gasteiger charge is -2.06. The number of nitrogens with zero attached hydrogens (tertiary/aromatic N) is 1. The summed E-state index contributed by atoms with van der Waals surface area (Å²) in [6.45, 7) is 3.35. The van der Waals surface area contributed by atoms with Crippen LogP contribution in [0.3, 0.4) is 0 Å². The second kappa shape index (κ2) is 9.08. The van der Waals surface area contributed by atoms with E-state index in [1.807, 2.05) is 12.1 Å². The number of rotatable bonds is 9. The maximum Gasteiger partial charge on any atom is 0.122 e. The van der Waals surface area contributed by atoms with Crippen LogP contribution in [0.25, 0.3) is 0 Å². The molecule has 5 nitrogen and oxygen atoms in total. The fraction of sp³-hybridized carbons (Fsp3) is 0.545. The molecule has 0 aliphatic heterocycles. The van der Waals surface area contributed by atoms with Crippen molar-refractivity contribution in [2.75, 3.05) is 39.6 Å². The molecule has 0 unspecified atom stereocenters. The molecule has 0 amide bonds. The van der Waals surface area contributed by atoms with Crippen molar-refractivity contribution in [3.8, 4) is 5.75 Å². The molecule has 0 aromatic carbocycles. The highest BCUT2D eigenvalue weighted by Crippen LogP contribution is 2.05. The molecule has 0 saturated carbocycles. The number of hydrogen-bond donors (Lipinski definition) is 1. The molecule has 2 N–H and O–H groups in total. The monoisotopic (exact) mass is 226 g/mol. The molecule has 0 fully saturated rings. The van der Waals surface area contributed by atoms with Gasteiger partial charge in [-0.1, -0.05) is 0 Å². The Hall–Kier alpha value is -1.17. The number of aromatic nitrogens is 1. The van der Waals surface area contributed by atoms with E-state index >= 15 is 0 Å². The summed E-state index contributed by atoms with van der Waals surface area (Å²) in [5, 5.41) is 0. The largest absolute Gasteiger partial charge is 0.491 e. The first-order valence-electron chi connectivity index (χ1n) is 5.32. The molecule has 0 atom stereocenters. The van der Waals surface area contributed by atoms with Crippen molar-refractivity contribution in [2.24, 2.45) is 5.73 Å². The van der Waals surface area contributed by atoms with E-state index in [0.717, 1.165) is 5.75 Å². The van der Waals surface area contributed by atoms with Crippen LogP contribution in [0.4, 0.5) is 0 Å². The Kier molecular flexibility index (Phi) is 7.32. The van der Waals surface area contributed by atoms with Crippen molar-refractivity contribution >= 4 is 0 Å². The third-order valence-corrected chi connectivity index (χ3v) is 1.78. The summed E-state index contributed by atoms with van der Waals surface area (Å²) in [5.74, 6) is 0.804. The summed E-state index contributed by atoms with van der Waals surface area (Å²) >= 11 is 0. The van der Waals surface area contributed by atoms with Crippen LogP contribution in [0.5, 0.6) is 5.75 Å². The standard InChI is InChI=1S/C11H18N2O3/c12-3-6-14-7-8-15-9-10-16-11-1-4-13-5-2-11/h1-2,4-5H,3,6-10,12H2. The van der Waals surface area contributed by atoms with Crippen molar-refractivity contribution in [3.05, 3.63) is 24.5 Å². The van der Waals surface area contributed by atoms with Gasteiger partial charge in [-0.15, -0.1) is 0 Å². The van der Waals surface area contributed by atoms with E-state index in [4.69, 9.17) is 19.9 Å². The summed E-state index contributed by atoms with van der Waals surface area (Å²) < 4.78 is 15.9. The van der Waals surface area contributed by atoms with Gasteiger partial charge >= 0.3 is 0 Å². The Morgan fingerprint density at radius 2 is 1.56 bits per heavy atom. The smallest absolute Gasteiger partial charge is 0.122 e. The van der Waals surface area contributed by atoms with Gasteiger partial charge < -0.3 is 19.9 Å². The second-order valence-corrected chi connectivity index (χ2v) is 3.04. The van der Waals surface area contributed by atoms with E-state index in [1.165, 1.54) is 0 Å². The fourth-order valence-electron chi connectivity index (χ4n) is 1.06. The topological polar surface area (TPSA) is 66.6 Å². The number of nitrogens with two attached hydrogens (primary N) is 1. The van der Waals surface area contributed by atoms with E-state index in [-0.39, 0.29) is 0 Å². The molecule has 1 aromatic rings. The minimum absolute atomic E-state index is 0.529. The summed E-state index contributed by atoms with van der Waals surface area (Å²) in [7, 11) is 0. The lowest BCUT2D eigenvalue weighted by atomic mass is 10.4. The van der Waals surface area contributed by atoms with Crippen molar-refractivity contribution in [1.82, 2.24) is 4.98 Å². The first-order valence-corrected chi connectivity index (χ1v) is 5.32. The summed E-state index contributed by atoms with van der Waals surface area (Å²) in [6, 6.07) is 3.62. The predicted octanol–water partition coefficient (Wildman–Crippen LogP) is 0.452. The van der Waals surface area contributed by atoms with E-state index in [0.29, 0.717) is 39.6 Å². The van der Waals surface area contributed by atoms with Gasteiger partial charge in [0.05, 0.1) is 26.4 Å². The molecule has 90 valence electrons. The van der Waals surface area contributed by atoms with Gasteiger partial charge in [-0.25, -0.2) is 0 Å². The molecular weight excluding hydrogens is 208 g/mol. The van der Waals surface area contributed by atoms with Gasteiger partial charge in [-0.3, -0.25) is 4.98 Å². The van der Waals surface area contributed by atoms with Crippen molar-refractivity contribution < 1.29 is 14.2 Å². The summed E-state index contributed by atoms with van der Waals surface area (Å²) in [4.78, 5) is 3.89. The van der Waals surface area contributed by atoms with Crippen LogP contribution >= 0.6 is 0 Å². The molecule has 1 aromatic heterocycles. The summed E-state index contributed by atoms with van der Waals surface area (Å²) in [5.41, 5.74) is 5.26. The first-order chi connectivity index (χ1) is 7.93. The molecule has 0 bridgehead atoms. The molecule has 0 aliphatic rings. The Morgan fingerprint density at radius 1 is 0.938 bits per heavy atom. The molecule has 0 saturated heterocycles. The number of ether oxygens (including phenoxy) is 3. The van der Waals surface area contributed by atoms with Gasteiger partial charge in [0.1, 0.15) is 12.4 Å². The highest BCUT2D eigenvalue weighted by molar-refractivity contribution is 5.16. The maximum absolute atomic E-state index is 5.41. The molecule has 1 rings (SSSR count). The van der Waals surface area contributed by atoms with Gasteiger partial charge in [0.15, 0.2) is 0 Å². The molecule has 1 heterocycles. The number of pyridine rings is 1. The van der Waals surface area contributed by atoms with Crippen LogP contribution in [-0.2, 0) is 9.47 Å². The van der Waals surface area contributed by atoms with Crippen LogP contribution in [-0.4, -0.2) is 44.6 Å². The zero-order chi connectivity index (χ0) is 11.5. The first kappa shape index (κ1) is 12.9. The van der Waals surface area contributed by atoms with Crippen LogP contribution in [0.15, 0.2) is 24.5 Å². The normalized spacial score (nSPS) is 10.3. The van der Waals surface area contributed by atoms with Crippen molar-refractivity contribution in [2.45, 2.75) is 0 Å². The van der Waals surface area contributed by atoms with Crippen molar-refractivity contribution in [3.63, 3.8) is 0 Å². The zero-order valence-corrected chi connectivity index (χ0v) is 9.30. The minimum atomic E-state index is 0.529.